The number of amides is 1. The van der Waals surface area contributed by atoms with Crippen LogP contribution in [0.2, 0.25) is 0 Å². The number of rotatable bonds is 3. The first-order valence-corrected chi connectivity index (χ1v) is 7.60. The van der Waals surface area contributed by atoms with Crippen molar-refractivity contribution in [2.75, 3.05) is 5.32 Å². The molecule has 0 fully saturated rings. The van der Waals surface area contributed by atoms with E-state index in [4.69, 9.17) is 5.11 Å². The van der Waals surface area contributed by atoms with Crippen LogP contribution in [0.4, 0.5) is 10.1 Å². The Kier molecular flexibility index (Phi) is 3.83. The van der Waals surface area contributed by atoms with E-state index >= 15 is 0 Å². The number of aryl methyl sites for hydroxylation is 1. The summed E-state index contributed by atoms with van der Waals surface area (Å²) in [6.07, 6.45) is 0. The quantitative estimate of drug-likeness (QED) is 0.753. The van der Waals surface area contributed by atoms with Crippen LogP contribution < -0.4 is 5.32 Å². The molecule has 0 aliphatic heterocycles. The van der Waals surface area contributed by atoms with E-state index in [0.29, 0.717) is 16.0 Å². The molecule has 23 heavy (non-hydrogen) atoms. The van der Waals surface area contributed by atoms with Crippen LogP contribution in [0, 0.1) is 12.7 Å². The molecule has 0 unspecified atom stereocenters. The van der Waals surface area contributed by atoms with Crippen molar-refractivity contribution in [3.8, 4) is 0 Å². The molecule has 0 radical (unpaired) electrons. The number of nitrogens with one attached hydrogen (secondary N) is 1. The standard InChI is InChI=1S/C17H12FNO3S/c1-9-2-3-10(17(21)22)7-13(9)19-16(20)15-8-11-6-12(18)4-5-14(11)23-15/h2-8H,1H3,(H,19,20)(H,21,22). The monoisotopic (exact) mass is 329 g/mol. The molecule has 1 aromatic heterocycles. The van der Waals surface area contributed by atoms with Gasteiger partial charge in [0, 0.05) is 10.4 Å². The third-order valence-corrected chi connectivity index (χ3v) is 4.55. The normalized spacial score (nSPS) is 10.7. The van der Waals surface area contributed by atoms with E-state index in [-0.39, 0.29) is 17.3 Å². The van der Waals surface area contributed by atoms with Crippen molar-refractivity contribution in [2.24, 2.45) is 0 Å². The predicted octanol–water partition coefficient (Wildman–Crippen LogP) is 4.30. The molecule has 4 nitrogen and oxygen atoms in total. The minimum Gasteiger partial charge on any atom is -0.478 e. The highest BCUT2D eigenvalue weighted by Gasteiger charge is 2.13. The van der Waals surface area contributed by atoms with Crippen LogP contribution in [0.1, 0.15) is 25.6 Å². The molecular formula is C17H12FNO3S. The summed E-state index contributed by atoms with van der Waals surface area (Å²) in [5.74, 6) is -1.76. The zero-order valence-electron chi connectivity index (χ0n) is 12.1. The van der Waals surface area contributed by atoms with Crippen LogP contribution in [-0.4, -0.2) is 17.0 Å². The number of aromatic carboxylic acids is 1. The molecule has 0 saturated carbocycles. The number of carbonyl (C=O) groups excluding carboxylic acids is 1. The number of thiophene rings is 1. The summed E-state index contributed by atoms with van der Waals surface area (Å²) in [5.41, 5.74) is 1.30. The molecule has 6 heteroatoms. The van der Waals surface area contributed by atoms with E-state index in [1.807, 2.05) is 0 Å². The van der Waals surface area contributed by atoms with Gasteiger partial charge in [0.2, 0.25) is 0 Å². The average molecular weight is 329 g/mol. The molecule has 0 saturated heterocycles. The van der Waals surface area contributed by atoms with Gasteiger partial charge in [-0.3, -0.25) is 4.79 Å². The summed E-state index contributed by atoms with van der Waals surface area (Å²) in [4.78, 5) is 23.8. The van der Waals surface area contributed by atoms with Crippen LogP contribution in [0.15, 0.2) is 42.5 Å². The van der Waals surface area contributed by atoms with Gasteiger partial charge in [-0.05, 0) is 54.3 Å². The van der Waals surface area contributed by atoms with Gasteiger partial charge in [-0.2, -0.15) is 0 Å². The molecule has 0 bridgehead atoms. The van der Waals surface area contributed by atoms with Gasteiger partial charge in [-0.15, -0.1) is 11.3 Å². The van der Waals surface area contributed by atoms with Crippen molar-refractivity contribution < 1.29 is 19.1 Å². The summed E-state index contributed by atoms with van der Waals surface area (Å²) >= 11 is 1.25. The number of hydrogen-bond donors (Lipinski definition) is 2. The van der Waals surface area contributed by atoms with E-state index < -0.39 is 5.97 Å². The maximum absolute atomic E-state index is 13.2. The van der Waals surface area contributed by atoms with Gasteiger partial charge in [-0.25, -0.2) is 9.18 Å². The Bertz CT molecular complexity index is 933. The van der Waals surface area contributed by atoms with Gasteiger partial charge in [0.15, 0.2) is 0 Å². The molecule has 0 atom stereocenters. The minimum absolute atomic E-state index is 0.101. The van der Waals surface area contributed by atoms with Crippen LogP contribution in [-0.2, 0) is 0 Å². The molecule has 2 aromatic carbocycles. The number of carboxylic acid groups (broad SMARTS) is 1. The van der Waals surface area contributed by atoms with E-state index in [1.54, 1.807) is 25.1 Å². The lowest BCUT2D eigenvalue weighted by molar-refractivity contribution is 0.0696. The number of fused-ring (bicyclic) bond motifs is 1. The molecule has 1 heterocycles. The zero-order chi connectivity index (χ0) is 16.6. The van der Waals surface area contributed by atoms with Crippen molar-refractivity contribution in [2.45, 2.75) is 6.92 Å². The van der Waals surface area contributed by atoms with Crippen molar-refractivity contribution >= 4 is 39.0 Å². The lowest BCUT2D eigenvalue weighted by Crippen LogP contribution is -2.12. The summed E-state index contributed by atoms with van der Waals surface area (Å²) in [6.45, 7) is 1.78. The minimum atomic E-state index is -1.06. The topological polar surface area (TPSA) is 66.4 Å². The second kappa shape index (κ2) is 5.81. The van der Waals surface area contributed by atoms with Gasteiger partial charge in [0.1, 0.15) is 5.82 Å². The van der Waals surface area contributed by atoms with Crippen LogP contribution in [0.5, 0.6) is 0 Å². The number of benzene rings is 2. The van der Waals surface area contributed by atoms with Crippen LogP contribution >= 0.6 is 11.3 Å². The first-order chi connectivity index (χ1) is 10.9. The van der Waals surface area contributed by atoms with Gasteiger partial charge >= 0.3 is 5.97 Å². The molecular weight excluding hydrogens is 317 g/mol. The van der Waals surface area contributed by atoms with Crippen LogP contribution in [0.3, 0.4) is 0 Å². The molecule has 1 amide bonds. The maximum Gasteiger partial charge on any atom is 0.335 e. The maximum atomic E-state index is 13.2. The molecule has 2 N–H and O–H groups in total. The van der Waals surface area contributed by atoms with E-state index in [0.717, 1.165) is 10.3 Å². The first-order valence-electron chi connectivity index (χ1n) is 6.78. The second-order valence-corrected chi connectivity index (χ2v) is 6.17. The van der Waals surface area contributed by atoms with Gasteiger partial charge in [-0.1, -0.05) is 6.07 Å². The third kappa shape index (κ3) is 3.07. The summed E-state index contributed by atoms with van der Waals surface area (Å²) in [7, 11) is 0. The Morgan fingerprint density at radius 3 is 2.65 bits per heavy atom. The van der Waals surface area contributed by atoms with Crippen molar-refractivity contribution in [1.82, 2.24) is 0 Å². The highest BCUT2D eigenvalue weighted by Crippen LogP contribution is 2.27. The Morgan fingerprint density at radius 1 is 1.13 bits per heavy atom. The Balaban J connectivity index is 1.91. The number of carbonyl (C=O) groups is 2. The molecule has 116 valence electrons. The zero-order valence-corrected chi connectivity index (χ0v) is 12.9. The fourth-order valence-corrected chi connectivity index (χ4v) is 3.14. The predicted molar refractivity (Wildman–Crippen MR) is 87.9 cm³/mol. The molecule has 3 aromatic rings. The average Bonchev–Trinajstić information content (AvgIpc) is 2.92. The Morgan fingerprint density at radius 2 is 1.91 bits per heavy atom. The third-order valence-electron chi connectivity index (χ3n) is 3.43. The van der Waals surface area contributed by atoms with Crippen molar-refractivity contribution in [3.05, 3.63) is 64.3 Å². The fourth-order valence-electron chi connectivity index (χ4n) is 2.20. The second-order valence-electron chi connectivity index (χ2n) is 5.08. The van der Waals surface area contributed by atoms with Gasteiger partial charge < -0.3 is 10.4 Å². The van der Waals surface area contributed by atoms with Gasteiger partial charge in [0.05, 0.1) is 10.4 Å². The molecule has 0 aliphatic rings. The van der Waals surface area contributed by atoms with E-state index in [1.165, 1.54) is 35.6 Å². The highest BCUT2D eigenvalue weighted by atomic mass is 32.1. The Labute approximate surface area is 135 Å². The van der Waals surface area contributed by atoms with E-state index in [9.17, 15) is 14.0 Å². The molecule has 0 spiro atoms. The Hall–Kier alpha value is -2.73. The summed E-state index contributed by atoms with van der Waals surface area (Å²) in [5, 5.41) is 12.4. The van der Waals surface area contributed by atoms with Crippen molar-refractivity contribution in [3.63, 3.8) is 0 Å². The van der Waals surface area contributed by atoms with Gasteiger partial charge in [0.25, 0.3) is 5.91 Å². The highest BCUT2D eigenvalue weighted by molar-refractivity contribution is 7.20. The van der Waals surface area contributed by atoms with Crippen molar-refractivity contribution in [1.29, 1.82) is 0 Å². The number of anilines is 1. The lowest BCUT2D eigenvalue weighted by Gasteiger charge is -2.08. The largest absolute Gasteiger partial charge is 0.478 e. The SMILES string of the molecule is Cc1ccc(C(=O)O)cc1NC(=O)c1cc2cc(F)ccc2s1. The molecule has 3 rings (SSSR count). The summed E-state index contributed by atoms with van der Waals surface area (Å²) in [6, 6.07) is 10.5. The fraction of sp³-hybridized carbons (Fsp3) is 0.0588. The first kappa shape index (κ1) is 15.2. The molecule has 0 aliphatic carbocycles. The number of halogens is 1. The van der Waals surface area contributed by atoms with E-state index in [2.05, 4.69) is 5.32 Å². The smallest absolute Gasteiger partial charge is 0.335 e. The lowest BCUT2D eigenvalue weighted by atomic mass is 10.1. The summed E-state index contributed by atoms with van der Waals surface area (Å²) < 4.78 is 14.0. The number of hydrogen-bond acceptors (Lipinski definition) is 3. The van der Waals surface area contributed by atoms with Crippen LogP contribution in [0.25, 0.3) is 10.1 Å². The number of carboxylic acids is 1.